The summed E-state index contributed by atoms with van der Waals surface area (Å²) in [6.07, 6.45) is 2.22. The molecule has 0 aromatic heterocycles. The molecule has 2 amide bonds. The first kappa shape index (κ1) is 23.4. The molecule has 0 radical (unpaired) electrons. The standard InChI is InChI=1S/C25H25ClFN3O2S/c1-5-29-21-12-20(27)15(10-18(21)14(2)13-25(29,3)4)11-19-22(31)28-24(33)30(23(19)32)17-8-6-16(26)7-9-17/h6-12,14H,5,13H2,1-4H3,(H,28,31,33)/b19-11-. The van der Waals surface area contributed by atoms with E-state index in [4.69, 9.17) is 23.8 Å². The summed E-state index contributed by atoms with van der Waals surface area (Å²) in [6, 6.07) is 9.76. The van der Waals surface area contributed by atoms with E-state index < -0.39 is 17.6 Å². The Morgan fingerprint density at radius 1 is 1.24 bits per heavy atom. The van der Waals surface area contributed by atoms with E-state index in [0.29, 0.717) is 10.7 Å². The van der Waals surface area contributed by atoms with Crippen LogP contribution in [0.2, 0.25) is 5.02 Å². The van der Waals surface area contributed by atoms with E-state index in [9.17, 15) is 9.59 Å². The van der Waals surface area contributed by atoms with Gasteiger partial charge in [0, 0.05) is 28.4 Å². The van der Waals surface area contributed by atoms with Crippen molar-refractivity contribution in [1.29, 1.82) is 0 Å². The van der Waals surface area contributed by atoms with E-state index in [-0.39, 0.29) is 27.7 Å². The van der Waals surface area contributed by atoms with Crippen LogP contribution in [0.5, 0.6) is 0 Å². The van der Waals surface area contributed by atoms with Crippen molar-refractivity contribution >= 4 is 58.2 Å². The molecule has 2 aliphatic rings. The second-order valence-electron chi connectivity index (χ2n) is 9.03. The number of nitrogens with zero attached hydrogens (tertiary/aromatic N) is 2. The van der Waals surface area contributed by atoms with E-state index in [1.165, 1.54) is 17.0 Å². The SMILES string of the molecule is CCN1c2cc(F)c(/C=C3/C(=O)NC(=S)N(c4ccc(Cl)cc4)C3=O)cc2C(C)CC1(C)C. The molecule has 4 rings (SSSR count). The summed E-state index contributed by atoms with van der Waals surface area (Å²) in [4.78, 5) is 29.3. The van der Waals surface area contributed by atoms with Gasteiger partial charge in [-0.1, -0.05) is 18.5 Å². The van der Waals surface area contributed by atoms with Gasteiger partial charge in [-0.2, -0.15) is 0 Å². The quantitative estimate of drug-likeness (QED) is 0.358. The van der Waals surface area contributed by atoms with Crippen LogP contribution >= 0.6 is 23.8 Å². The lowest BCUT2D eigenvalue weighted by molar-refractivity contribution is -0.122. The van der Waals surface area contributed by atoms with Crippen LogP contribution in [-0.4, -0.2) is 29.0 Å². The summed E-state index contributed by atoms with van der Waals surface area (Å²) in [6.45, 7) is 9.23. The Labute approximate surface area is 203 Å². The molecule has 1 saturated heterocycles. The van der Waals surface area contributed by atoms with Crippen molar-refractivity contribution in [2.45, 2.75) is 45.6 Å². The molecule has 1 unspecified atom stereocenters. The van der Waals surface area contributed by atoms with Gasteiger partial charge in [0.15, 0.2) is 5.11 Å². The van der Waals surface area contributed by atoms with Gasteiger partial charge < -0.3 is 4.90 Å². The minimum atomic E-state index is -0.656. The van der Waals surface area contributed by atoms with Crippen LogP contribution < -0.4 is 15.1 Å². The van der Waals surface area contributed by atoms with Crippen LogP contribution in [0.1, 0.15) is 51.2 Å². The fraction of sp³-hybridized carbons (Fsp3) is 0.320. The lowest BCUT2D eigenvalue weighted by Crippen LogP contribution is -2.54. The summed E-state index contributed by atoms with van der Waals surface area (Å²) >= 11 is 11.2. The third-order valence-corrected chi connectivity index (χ3v) is 6.84. The fourth-order valence-corrected chi connectivity index (χ4v) is 5.27. The number of hydrogen-bond donors (Lipinski definition) is 1. The largest absolute Gasteiger partial charge is 0.366 e. The molecule has 2 aromatic rings. The van der Waals surface area contributed by atoms with Gasteiger partial charge in [-0.25, -0.2) is 4.39 Å². The molecule has 0 spiro atoms. The Morgan fingerprint density at radius 3 is 2.55 bits per heavy atom. The molecule has 172 valence electrons. The minimum Gasteiger partial charge on any atom is -0.366 e. The maximum atomic E-state index is 15.2. The summed E-state index contributed by atoms with van der Waals surface area (Å²) in [7, 11) is 0. The number of nitrogens with one attached hydrogen (secondary N) is 1. The third-order valence-electron chi connectivity index (χ3n) is 6.31. The molecule has 2 aliphatic heterocycles. The fourth-order valence-electron chi connectivity index (χ4n) is 4.87. The van der Waals surface area contributed by atoms with Gasteiger partial charge in [0.2, 0.25) is 0 Å². The van der Waals surface area contributed by atoms with E-state index in [1.54, 1.807) is 30.3 Å². The average molecular weight is 486 g/mol. The number of hydrogen-bond acceptors (Lipinski definition) is 4. The Hall–Kier alpha value is -2.77. The Bertz CT molecular complexity index is 1190. The third kappa shape index (κ3) is 4.15. The Morgan fingerprint density at radius 2 is 1.91 bits per heavy atom. The predicted octanol–water partition coefficient (Wildman–Crippen LogP) is 5.42. The van der Waals surface area contributed by atoms with Crippen LogP contribution in [0.3, 0.4) is 0 Å². The molecule has 0 bridgehead atoms. The first-order chi connectivity index (χ1) is 15.5. The van der Waals surface area contributed by atoms with Crippen molar-refractivity contribution in [3.05, 3.63) is 63.9 Å². The molecular weight excluding hydrogens is 461 g/mol. The highest BCUT2D eigenvalue weighted by Crippen LogP contribution is 2.44. The molecule has 2 heterocycles. The molecule has 0 saturated carbocycles. The maximum Gasteiger partial charge on any atom is 0.270 e. The molecule has 1 fully saturated rings. The van der Waals surface area contributed by atoms with Crippen LogP contribution in [0.25, 0.3) is 6.08 Å². The van der Waals surface area contributed by atoms with E-state index >= 15 is 4.39 Å². The van der Waals surface area contributed by atoms with Crippen molar-refractivity contribution in [3.63, 3.8) is 0 Å². The summed E-state index contributed by atoms with van der Waals surface area (Å²) < 4.78 is 15.2. The number of amides is 2. The van der Waals surface area contributed by atoms with Crippen LogP contribution in [0.4, 0.5) is 15.8 Å². The second-order valence-corrected chi connectivity index (χ2v) is 9.85. The van der Waals surface area contributed by atoms with Crippen LogP contribution in [0, 0.1) is 5.82 Å². The highest BCUT2D eigenvalue weighted by molar-refractivity contribution is 7.80. The molecule has 33 heavy (non-hydrogen) atoms. The topological polar surface area (TPSA) is 52.7 Å². The first-order valence-corrected chi connectivity index (χ1v) is 11.6. The summed E-state index contributed by atoms with van der Waals surface area (Å²) in [5.74, 6) is -1.56. The van der Waals surface area contributed by atoms with Gasteiger partial charge in [-0.05, 0) is 93.4 Å². The summed E-state index contributed by atoms with van der Waals surface area (Å²) in [5, 5.41) is 2.99. The monoisotopic (exact) mass is 485 g/mol. The normalized spacial score (nSPS) is 21.3. The molecular formula is C25H25ClFN3O2S. The van der Waals surface area contributed by atoms with Gasteiger partial charge in [0.05, 0.1) is 5.69 Å². The molecule has 8 heteroatoms. The zero-order valence-corrected chi connectivity index (χ0v) is 20.5. The Balaban J connectivity index is 1.77. The van der Waals surface area contributed by atoms with Gasteiger partial charge in [-0.15, -0.1) is 0 Å². The van der Waals surface area contributed by atoms with Crippen molar-refractivity contribution in [2.75, 3.05) is 16.3 Å². The zero-order chi connectivity index (χ0) is 24.1. The van der Waals surface area contributed by atoms with Crippen LogP contribution in [0.15, 0.2) is 42.0 Å². The van der Waals surface area contributed by atoms with Crippen molar-refractivity contribution < 1.29 is 14.0 Å². The van der Waals surface area contributed by atoms with E-state index in [1.807, 2.05) is 0 Å². The minimum absolute atomic E-state index is 0.0372. The number of thiocarbonyl (C=S) groups is 1. The number of anilines is 2. The molecule has 5 nitrogen and oxygen atoms in total. The van der Waals surface area contributed by atoms with Crippen molar-refractivity contribution in [1.82, 2.24) is 5.32 Å². The molecule has 2 aromatic carbocycles. The van der Waals surface area contributed by atoms with E-state index in [0.717, 1.165) is 24.2 Å². The average Bonchev–Trinajstić information content (AvgIpc) is 2.72. The molecule has 1 atom stereocenters. The number of halogens is 2. The van der Waals surface area contributed by atoms with Gasteiger partial charge in [0.25, 0.3) is 11.8 Å². The zero-order valence-electron chi connectivity index (χ0n) is 18.9. The van der Waals surface area contributed by atoms with Crippen molar-refractivity contribution in [2.24, 2.45) is 0 Å². The second kappa shape index (κ2) is 8.54. The van der Waals surface area contributed by atoms with E-state index in [2.05, 4.69) is 37.9 Å². The van der Waals surface area contributed by atoms with Crippen molar-refractivity contribution in [3.8, 4) is 0 Å². The number of fused-ring (bicyclic) bond motifs is 1. The predicted molar refractivity (Wildman–Crippen MR) is 134 cm³/mol. The number of carbonyl (C=O) groups excluding carboxylic acids is 2. The molecule has 1 N–H and O–H groups in total. The van der Waals surface area contributed by atoms with Gasteiger partial charge >= 0.3 is 0 Å². The van der Waals surface area contributed by atoms with Gasteiger partial charge in [-0.3, -0.25) is 19.8 Å². The highest BCUT2D eigenvalue weighted by atomic mass is 35.5. The molecule has 0 aliphatic carbocycles. The number of benzene rings is 2. The number of rotatable bonds is 3. The highest BCUT2D eigenvalue weighted by Gasteiger charge is 2.37. The lowest BCUT2D eigenvalue weighted by atomic mass is 9.79. The lowest BCUT2D eigenvalue weighted by Gasteiger charge is -2.47. The van der Waals surface area contributed by atoms with Gasteiger partial charge in [0.1, 0.15) is 11.4 Å². The maximum absolute atomic E-state index is 15.2. The Kier molecular flexibility index (Phi) is 6.05. The van der Waals surface area contributed by atoms with Crippen LogP contribution in [-0.2, 0) is 9.59 Å². The first-order valence-electron chi connectivity index (χ1n) is 10.8. The summed E-state index contributed by atoms with van der Waals surface area (Å²) in [5.41, 5.74) is 2.22. The number of carbonyl (C=O) groups is 2. The smallest absolute Gasteiger partial charge is 0.270 e.